The number of fused-ring (bicyclic) bond motifs is 1. The predicted octanol–water partition coefficient (Wildman–Crippen LogP) is 6.76. The summed E-state index contributed by atoms with van der Waals surface area (Å²) in [6, 6.07) is 22.8. The highest BCUT2D eigenvalue weighted by atomic mass is 79.9. The third kappa shape index (κ3) is 5.09. The molecule has 1 N–H and O–H groups in total. The third-order valence-electron chi connectivity index (χ3n) is 4.01. The Labute approximate surface area is 185 Å². The van der Waals surface area contributed by atoms with Crippen LogP contribution in [-0.2, 0) is 0 Å². The van der Waals surface area contributed by atoms with E-state index in [4.69, 9.17) is 16.0 Å². The van der Waals surface area contributed by atoms with Gasteiger partial charge in [0.1, 0.15) is 5.58 Å². The first kappa shape index (κ1) is 19.8. The number of hydrazone groups is 1. The van der Waals surface area contributed by atoms with Gasteiger partial charge in [0.2, 0.25) is 0 Å². The molecule has 0 atom stereocenters. The van der Waals surface area contributed by atoms with Gasteiger partial charge in [-0.3, -0.25) is 4.79 Å². The van der Waals surface area contributed by atoms with E-state index in [1.165, 1.54) is 0 Å². The zero-order chi connectivity index (χ0) is 20.2. The van der Waals surface area contributed by atoms with Gasteiger partial charge in [-0.05, 0) is 66.2 Å². The Bertz CT molecular complexity index is 1190. The zero-order valence-electron chi connectivity index (χ0n) is 14.9. The fourth-order valence-electron chi connectivity index (χ4n) is 2.61. The summed E-state index contributed by atoms with van der Waals surface area (Å²) in [6.45, 7) is 0. The third-order valence-corrected chi connectivity index (χ3v) is 5.77. The van der Waals surface area contributed by atoms with Gasteiger partial charge in [0.05, 0.1) is 6.21 Å². The lowest BCUT2D eigenvalue weighted by Crippen LogP contribution is -2.16. The number of hydrogen-bond donors (Lipinski definition) is 1. The van der Waals surface area contributed by atoms with Crippen molar-refractivity contribution in [1.82, 2.24) is 5.43 Å². The van der Waals surface area contributed by atoms with Crippen molar-refractivity contribution in [3.05, 3.63) is 93.6 Å². The summed E-state index contributed by atoms with van der Waals surface area (Å²) >= 11 is 11.0. The Morgan fingerprint density at radius 2 is 1.69 bits per heavy atom. The standard InChI is InChI=1S/C22H14BrClN2O2S/c23-16-3-10-20-15(11-16)12-21(28-20)22(27)26-25-13-14-1-6-18(7-2-14)29-19-8-4-17(24)5-9-19/h1-13H,(H,26,27)/b25-13+. The molecule has 7 heteroatoms. The van der Waals surface area contributed by atoms with Crippen LogP contribution in [0.25, 0.3) is 11.0 Å². The summed E-state index contributed by atoms with van der Waals surface area (Å²) < 4.78 is 6.47. The first-order chi connectivity index (χ1) is 14.1. The number of halogens is 2. The molecular formula is C22H14BrClN2O2S. The summed E-state index contributed by atoms with van der Waals surface area (Å²) in [7, 11) is 0. The molecule has 0 aliphatic carbocycles. The summed E-state index contributed by atoms with van der Waals surface area (Å²) in [5.41, 5.74) is 4.01. The van der Waals surface area contributed by atoms with Crippen LogP contribution < -0.4 is 5.43 Å². The van der Waals surface area contributed by atoms with Crippen molar-refractivity contribution in [2.45, 2.75) is 9.79 Å². The fraction of sp³-hybridized carbons (Fsp3) is 0. The van der Waals surface area contributed by atoms with Crippen molar-refractivity contribution in [2.75, 3.05) is 0 Å². The lowest BCUT2D eigenvalue weighted by Gasteiger charge is -2.02. The number of amides is 1. The van der Waals surface area contributed by atoms with Crippen LogP contribution in [0.2, 0.25) is 5.02 Å². The second-order valence-corrected chi connectivity index (χ2v) is 8.62. The molecule has 0 bridgehead atoms. The highest BCUT2D eigenvalue weighted by Gasteiger charge is 2.11. The quantitative estimate of drug-likeness (QED) is 0.251. The van der Waals surface area contributed by atoms with Crippen LogP contribution in [-0.4, -0.2) is 12.1 Å². The first-order valence-corrected chi connectivity index (χ1v) is 10.6. The molecule has 4 nitrogen and oxygen atoms in total. The van der Waals surface area contributed by atoms with Crippen molar-refractivity contribution in [3.63, 3.8) is 0 Å². The average Bonchev–Trinajstić information content (AvgIpc) is 3.14. The molecule has 144 valence electrons. The van der Waals surface area contributed by atoms with E-state index in [2.05, 4.69) is 26.5 Å². The van der Waals surface area contributed by atoms with Gasteiger partial charge < -0.3 is 4.42 Å². The summed E-state index contributed by atoms with van der Waals surface area (Å²) in [5.74, 6) is -0.187. The number of nitrogens with zero attached hydrogens (tertiary/aromatic N) is 1. The zero-order valence-corrected chi connectivity index (χ0v) is 18.1. The molecule has 1 aromatic heterocycles. The predicted molar refractivity (Wildman–Crippen MR) is 121 cm³/mol. The van der Waals surface area contributed by atoms with Crippen LogP contribution >= 0.6 is 39.3 Å². The number of furan rings is 1. The smallest absolute Gasteiger partial charge is 0.307 e. The maximum atomic E-state index is 12.2. The second kappa shape index (κ2) is 8.86. The van der Waals surface area contributed by atoms with Crippen LogP contribution in [0, 0.1) is 0 Å². The molecule has 0 radical (unpaired) electrons. The van der Waals surface area contributed by atoms with E-state index in [0.717, 1.165) is 30.2 Å². The van der Waals surface area contributed by atoms with E-state index in [9.17, 15) is 4.79 Å². The van der Waals surface area contributed by atoms with Gasteiger partial charge in [0.15, 0.2) is 5.76 Å². The molecule has 0 aliphatic heterocycles. The molecule has 1 amide bonds. The summed E-state index contributed by atoms with van der Waals surface area (Å²) in [4.78, 5) is 14.4. The van der Waals surface area contributed by atoms with Gasteiger partial charge in [-0.2, -0.15) is 5.10 Å². The topological polar surface area (TPSA) is 54.6 Å². The first-order valence-electron chi connectivity index (χ1n) is 8.63. The van der Waals surface area contributed by atoms with Gasteiger partial charge >= 0.3 is 5.91 Å². The van der Waals surface area contributed by atoms with E-state index >= 15 is 0 Å². The SMILES string of the molecule is O=C(N/N=C/c1ccc(Sc2ccc(Cl)cc2)cc1)c1cc2cc(Br)ccc2o1. The van der Waals surface area contributed by atoms with Crippen molar-refractivity contribution >= 4 is 62.4 Å². The minimum absolute atomic E-state index is 0.213. The molecule has 0 unspecified atom stereocenters. The van der Waals surface area contributed by atoms with Gasteiger partial charge in [-0.1, -0.05) is 51.4 Å². The Morgan fingerprint density at radius 1 is 1.00 bits per heavy atom. The number of benzene rings is 3. The summed E-state index contributed by atoms with van der Waals surface area (Å²) in [6.07, 6.45) is 1.59. The highest BCUT2D eigenvalue weighted by molar-refractivity contribution is 9.10. The van der Waals surface area contributed by atoms with Crippen LogP contribution in [0.15, 0.2) is 96.6 Å². The molecule has 4 rings (SSSR count). The lowest BCUT2D eigenvalue weighted by molar-refractivity contribution is 0.0929. The molecule has 0 fully saturated rings. The molecule has 29 heavy (non-hydrogen) atoms. The Morgan fingerprint density at radius 3 is 2.41 bits per heavy atom. The van der Waals surface area contributed by atoms with E-state index < -0.39 is 5.91 Å². The van der Waals surface area contributed by atoms with E-state index in [0.29, 0.717) is 5.58 Å². The largest absolute Gasteiger partial charge is 0.451 e. The molecule has 0 saturated carbocycles. The molecular weight excluding hydrogens is 472 g/mol. The molecule has 3 aromatic carbocycles. The van der Waals surface area contributed by atoms with E-state index in [1.807, 2.05) is 66.7 Å². The van der Waals surface area contributed by atoms with E-state index in [1.54, 1.807) is 24.0 Å². The van der Waals surface area contributed by atoms with Crippen LogP contribution in [0.1, 0.15) is 16.1 Å². The van der Waals surface area contributed by atoms with Crippen molar-refractivity contribution < 1.29 is 9.21 Å². The maximum absolute atomic E-state index is 12.2. The Balaban J connectivity index is 1.37. The average molecular weight is 486 g/mol. The molecule has 0 saturated heterocycles. The van der Waals surface area contributed by atoms with Crippen molar-refractivity contribution in [2.24, 2.45) is 5.10 Å². The van der Waals surface area contributed by atoms with Gasteiger partial charge in [0.25, 0.3) is 0 Å². The second-order valence-electron chi connectivity index (χ2n) is 6.12. The van der Waals surface area contributed by atoms with Crippen LogP contribution in [0.5, 0.6) is 0 Å². The maximum Gasteiger partial charge on any atom is 0.307 e. The lowest BCUT2D eigenvalue weighted by atomic mass is 10.2. The number of rotatable bonds is 5. The van der Waals surface area contributed by atoms with Crippen LogP contribution in [0.4, 0.5) is 0 Å². The number of nitrogens with one attached hydrogen (secondary N) is 1. The molecule has 4 aromatic rings. The van der Waals surface area contributed by atoms with Crippen molar-refractivity contribution in [1.29, 1.82) is 0 Å². The van der Waals surface area contributed by atoms with Gasteiger partial charge in [0, 0.05) is 24.7 Å². The molecule has 0 aliphatic rings. The van der Waals surface area contributed by atoms with Gasteiger partial charge in [-0.25, -0.2) is 5.43 Å². The number of hydrogen-bond acceptors (Lipinski definition) is 4. The Kier molecular flexibility index (Phi) is 6.04. The minimum atomic E-state index is -0.400. The van der Waals surface area contributed by atoms with Crippen LogP contribution in [0.3, 0.4) is 0 Å². The number of carbonyl (C=O) groups is 1. The molecule has 1 heterocycles. The van der Waals surface area contributed by atoms with Gasteiger partial charge in [-0.15, -0.1) is 0 Å². The monoisotopic (exact) mass is 484 g/mol. The number of carbonyl (C=O) groups excluding carboxylic acids is 1. The normalized spacial score (nSPS) is 11.2. The molecule has 0 spiro atoms. The highest BCUT2D eigenvalue weighted by Crippen LogP contribution is 2.28. The fourth-order valence-corrected chi connectivity index (χ4v) is 3.93. The van der Waals surface area contributed by atoms with Crippen molar-refractivity contribution in [3.8, 4) is 0 Å². The Hall–Kier alpha value is -2.54. The minimum Gasteiger partial charge on any atom is -0.451 e. The summed E-state index contributed by atoms with van der Waals surface area (Å²) in [5, 5.41) is 5.58. The van der Waals surface area contributed by atoms with E-state index in [-0.39, 0.29) is 5.76 Å².